The monoisotopic (exact) mass is 417 g/mol. The van der Waals surface area contributed by atoms with E-state index in [1.165, 1.54) is 27.1 Å². The molecular formula is C18H21Hf-3. The molecule has 0 unspecified atom stereocenters. The van der Waals surface area contributed by atoms with Crippen molar-refractivity contribution in [2.24, 2.45) is 0 Å². The molecule has 0 aliphatic carbocycles. The Kier molecular flexibility index (Phi) is 6.79. The van der Waals surface area contributed by atoms with Crippen molar-refractivity contribution in [3.05, 3.63) is 68.9 Å². The van der Waals surface area contributed by atoms with Gasteiger partial charge < -0.3 is 14.9 Å². The summed E-state index contributed by atoms with van der Waals surface area (Å²) in [7, 11) is 0. The van der Waals surface area contributed by atoms with Gasteiger partial charge in [-0.15, -0.1) is 28.5 Å². The Balaban J connectivity index is 0.00000108. The molecule has 0 nitrogen and oxygen atoms in total. The van der Waals surface area contributed by atoms with Crippen LogP contribution in [0.25, 0.3) is 21.5 Å². The van der Waals surface area contributed by atoms with E-state index >= 15 is 0 Å². The molecule has 19 heavy (non-hydrogen) atoms. The maximum absolute atomic E-state index is 2.27. The quantitative estimate of drug-likeness (QED) is 0.351. The molecule has 1 heteroatoms. The second-order valence-corrected chi connectivity index (χ2v) is 4.69. The Morgan fingerprint density at radius 3 is 2.16 bits per heavy atom. The van der Waals surface area contributed by atoms with Gasteiger partial charge in [0.2, 0.25) is 0 Å². The topological polar surface area (TPSA) is 0 Å². The van der Waals surface area contributed by atoms with Crippen LogP contribution in [0.4, 0.5) is 0 Å². The van der Waals surface area contributed by atoms with Crippen LogP contribution in [0.1, 0.15) is 25.3 Å². The van der Waals surface area contributed by atoms with Crippen molar-refractivity contribution < 1.29 is 25.8 Å². The van der Waals surface area contributed by atoms with Gasteiger partial charge in [-0.3, -0.25) is 0 Å². The van der Waals surface area contributed by atoms with Crippen LogP contribution in [0.15, 0.2) is 48.5 Å². The summed E-state index contributed by atoms with van der Waals surface area (Å²) in [6.45, 7) is 4.52. The summed E-state index contributed by atoms with van der Waals surface area (Å²) in [5.74, 6) is 0.586. The van der Waals surface area contributed by atoms with E-state index in [1.54, 1.807) is 0 Å². The summed E-state index contributed by atoms with van der Waals surface area (Å²) in [6, 6.07) is 17.6. The minimum atomic E-state index is 0. The van der Waals surface area contributed by atoms with Crippen LogP contribution in [0.2, 0.25) is 0 Å². The van der Waals surface area contributed by atoms with Gasteiger partial charge in [-0.2, -0.15) is 6.07 Å². The van der Waals surface area contributed by atoms with Crippen molar-refractivity contribution in [2.45, 2.75) is 19.8 Å². The first kappa shape index (κ1) is 18.2. The van der Waals surface area contributed by atoms with Crippen molar-refractivity contribution >= 4 is 21.5 Å². The van der Waals surface area contributed by atoms with Crippen LogP contribution in [0.5, 0.6) is 0 Å². The first-order chi connectivity index (χ1) is 7.77. The molecule has 100 valence electrons. The Morgan fingerprint density at radius 2 is 1.47 bits per heavy atom. The molecule has 0 aliphatic heterocycles. The third-order valence-corrected chi connectivity index (χ3v) is 3.31. The molecule has 0 amide bonds. The Hall–Kier alpha value is -0.820. The fraction of sp³-hybridized carbons (Fsp3) is 0.167. The van der Waals surface area contributed by atoms with Gasteiger partial charge in [-0.05, 0) is 0 Å². The van der Waals surface area contributed by atoms with Crippen molar-refractivity contribution in [2.75, 3.05) is 0 Å². The van der Waals surface area contributed by atoms with E-state index in [0.717, 1.165) is 0 Å². The van der Waals surface area contributed by atoms with Crippen LogP contribution < -0.4 is 0 Å². The molecule has 0 aromatic heterocycles. The van der Waals surface area contributed by atoms with Crippen LogP contribution in [-0.4, -0.2) is 0 Å². The maximum Gasteiger partial charge on any atom is 0 e. The average molecular weight is 416 g/mol. The summed E-state index contributed by atoms with van der Waals surface area (Å²) in [5, 5.41) is 5.52. The minimum absolute atomic E-state index is 0. The average Bonchev–Trinajstić information content (AvgIpc) is 2.73. The van der Waals surface area contributed by atoms with Crippen molar-refractivity contribution in [1.82, 2.24) is 0 Å². The summed E-state index contributed by atoms with van der Waals surface area (Å²) in [6.07, 6.45) is 0. The molecule has 0 saturated carbocycles. The number of benzene rings is 2. The molecular weight excluding hydrogens is 395 g/mol. The summed E-state index contributed by atoms with van der Waals surface area (Å²) >= 11 is 0. The summed E-state index contributed by atoms with van der Waals surface area (Å²) in [4.78, 5) is 0. The Morgan fingerprint density at radius 1 is 0.842 bits per heavy atom. The van der Waals surface area contributed by atoms with Crippen molar-refractivity contribution in [1.29, 1.82) is 0 Å². The van der Waals surface area contributed by atoms with Gasteiger partial charge in [0.15, 0.2) is 0 Å². The van der Waals surface area contributed by atoms with Gasteiger partial charge in [0.1, 0.15) is 0 Å². The van der Waals surface area contributed by atoms with Gasteiger partial charge >= 0.3 is 0 Å². The SMILES string of the molecule is CC(C)[c-]1ccc2ccc3ccccc3c21.[CH3-].[CH3-].[Hf]. The first-order valence-electron chi connectivity index (χ1n) is 5.84. The van der Waals surface area contributed by atoms with Crippen molar-refractivity contribution in [3.8, 4) is 0 Å². The predicted molar refractivity (Wildman–Crippen MR) is 84.0 cm³/mol. The first-order valence-corrected chi connectivity index (χ1v) is 5.84. The molecule has 0 radical (unpaired) electrons. The van der Waals surface area contributed by atoms with Crippen LogP contribution >= 0.6 is 0 Å². The molecule has 0 saturated heterocycles. The smallest absolute Gasteiger partial charge is 0 e. The third kappa shape index (κ3) is 3.02. The van der Waals surface area contributed by atoms with E-state index in [2.05, 4.69) is 62.4 Å². The van der Waals surface area contributed by atoms with E-state index in [9.17, 15) is 0 Å². The zero-order valence-corrected chi connectivity index (χ0v) is 15.8. The fourth-order valence-electron chi connectivity index (χ4n) is 2.49. The number of hydrogen-bond donors (Lipinski definition) is 0. The molecule has 0 spiro atoms. The summed E-state index contributed by atoms with van der Waals surface area (Å²) in [5.41, 5.74) is 1.46. The zero-order valence-electron chi connectivity index (χ0n) is 12.2. The van der Waals surface area contributed by atoms with Gasteiger partial charge in [0.05, 0.1) is 0 Å². The maximum atomic E-state index is 2.27. The van der Waals surface area contributed by atoms with E-state index in [1.807, 2.05) is 0 Å². The van der Waals surface area contributed by atoms with E-state index < -0.39 is 0 Å². The van der Waals surface area contributed by atoms with E-state index in [-0.39, 0.29) is 40.7 Å². The van der Waals surface area contributed by atoms with Crippen LogP contribution in [0.3, 0.4) is 0 Å². The van der Waals surface area contributed by atoms with Crippen LogP contribution in [-0.2, 0) is 25.8 Å². The van der Waals surface area contributed by atoms with E-state index in [0.29, 0.717) is 5.92 Å². The molecule has 0 aliphatic rings. The molecule has 3 rings (SSSR count). The minimum Gasteiger partial charge on any atom is -0.358 e. The van der Waals surface area contributed by atoms with Crippen LogP contribution in [0, 0.1) is 14.9 Å². The molecule has 3 aromatic rings. The number of fused-ring (bicyclic) bond motifs is 3. The standard InChI is InChI=1S/C16H15.2CH3.Hf/c1-11(2)14-10-9-13-8-7-12-5-3-4-6-15(12)16(13)14;;;/h3-11H,1-2H3;2*1H3;/q3*-1;. The predicted octanol–water partition coefficient (Wildman–Crippen LogP) is 5.73. The van der Waals surface area contributed by atoms with Gasteiger partial charge in [-0.1, -0.05) is 60.9 Å². The molecule has 0 atom stereocenters. The third-order valence-electron chi connectivity index (χ3n) is 3.31. The Bertz CT molecular complexity index is 647. The fourth-order valence-corrected chi connectivity index (χ4v) is 2.49. The molecule has 0 heterocycles. The molecule has 0 N–H and O–H groups in total. The van der Waals surface area contributed by atoms with E-state index in [4.69, 9.17) is 0 Å². The van der Waals surface area contributed by atoms with Gasteiger partial charge in [0, 0.05) is 25.8 Å². The molecule has 3 aromatic carbocycles. The molecule has 0 fully saturated rings. The summed E-state index contributed by atoms with van der Waals surface area (Å²) < 4.78 is 0. The normalized spacial score (nSPS) is 9.84. The second kappa shape index (κ2) is 7.09. The second-order valence-electron chi connectivity index (χ2n) is 4.69. The number of hydrogen-bond acceptors (Lipinski definition) is 0. The Labute approximate surface area is 136 Å². The van der Waals surface area contributed by atoms with Gasteiger partial charge in [0.25, 0.3) is 0 Å². The van der Waals surface area contributed by atoms with Crippen molar-refractivity contribution in [3.63, 3.8) is 0 Å². The largest absolute Gasteiger partial charge is 0.358 e. The number of rotatable bonds is 1. The molecule has 0 bridgehead atoms. The van der Waals surface area contributed by atoms with Gasteiger partial charge in [-0.25, -0.2) is 0 Å². The zero-order chi connectivity index (χ0) is 11.1.